The lowest BCUT2D eigenvalue weighted by Gasteiger charge is -2.04. The van der Waals surface area contributed by atoms with Crippen LogP contribution in [-0.2, 0) is 5.75 Å². The van der Waals surface area contributed by atoms with Gasteiger partial charge in [-0.15, -0.1) is 11.8 Å². The summed E-state index contributed by atoms with van der Waals surface area (Å²) in [6.07, 6.45) is 0. The molecular weight excluding hydrogens is 301 g/mol. The van der Waals surface area contributed by atoms with E-state index in [1.165, 1.54) is 6.07 Å². The molecule has 88 valence electrons. The molecule has 0 aliphatic rings. The van der Waals surface area contributed by atoms with Crippen molar-refractivity contribution in [2.24, 2.45) is 0 Å². The van der Waals surface area contributed by atoms with Gasteiger partial charge in [-0.25, -0.2) is 4.39 Å². The van der Waals surface area contributed by atoms with Gasteiger partial charge in [-0.1, -0.05) is 15.9 Å². The van der Waals surface area contributed by atoms with Gasteiger partial charge in [0.25, 0.3) is 0 Å². The molecule has 0 radical (unpaired) electrons. The molecule has 0 amide bonds. The Balaban J connectivity index is 2.07. The van der Waals surface area contributed by atoms with Crippen LogP contribution in [0, 0.1) is 5.82 Å². The molecule has 0 aliphatic heterocycles. The van der Waals surface area contributed by atoms with Crippen LogP contribution in [0.3, 0.4) is 0 Å². The second kappa shape index (κ2) is 5.56. The number of benzene rings is 2. The van der Waals surface area contributed by atoms with Gasteiger partial charge in [0.15, 0.2) is 0 Å². The lowest BCUT2D eigenvalue weighted by Crippen LogP contribution is -1.88. The summed E-state index contributed by atoms with van der Waals surface area (Å²) in [5, 5.41) is 0. The number of nitrogen functional groups attached to an aromatic ring is 1. The number of nitrogens with two attached hydrogens (primary N) is 1. The van der Waals surface area contributed by atoms with Crippen LogP contribution in [0.4, 0.5) is 10.1 Å². The standard InChI is InChI=1S/C13H11BrFNS/c14-10-1-6-13(15)9(7-10)8-17-12-4-2-11(16)3-5-12/h1-7H,8,16H2. The highest BCUT2D eigenvalue weighted by Gasteiger charge is 2.03. The van der Waals surface area contributed by atoms with E-state index in [0.717, 1.165) is 15.1 Å². The third-order valence-corrected chi connectivity index (χ3v) is 3.84. The summed E-state index contributed by atoms with van der Waals surface area (Å²) in [6.45, 7) is 0. The van der Waals surface area contributed by atoms with Crippen molar-refractivity contribution in [3.63, 3.8) is 0 Å². The monoisotopic (exact) mass is 311 g/mol. The molecule has 0 fully saturated rings. The summed E-state index contributed by atoms with van der Waals surface area (Å²) in [6, 6.07) is 12.6. The summed E-state index contributed by atoms with van der Waals surface area (Å²) < 4.78 is 14.4. The van der Waals surface area contributed by atoms with Gasteiger partial charge < -0.3 is 5.73 Å². The van der Waals surface area contributed by atoms with E-state index in [1.54, 1.807) is 23.9 Å². The van der Waals surface area contributed by atoms with E-state index < -0.39 is 0 Å². The maximum atomic E-state index is 13.5. The predicted octanol–water partition coefficient (Wildman–Crippen LogP) is 4.46. The van der Waals surface area contributed by atoms with Crippen molar-refractivity contribution in [3.8, 4) is 0 Å². The van der Waals surface area contributed by atoms with Crippen LogP contribution in [0.2, 0.25) is 0 Å². The first-order chi connectivity index (χ1) is 8.15. The number of rotatable bonds is 3. The van der Waals surface area contributed by atoms with Gasteiger partial charge in [-0.2, -0.15) is 0 Å². The number of hydrogen-bond acceptors (Lipinski definition) is 2. The zero-order valence-corrected chi connectivity index (χ0v) is 11.4. The molecule has 0 aromatic heterocycles. The van der Waals surface area contributed by atoms with E-state index >= 15 is 0 Å². The van der Waals surface area contributed by atoms with Crippen LogP contribution in [0.5, 0.6) is 0 Å². The fraction of sp³-hybridized carbons (Fsp3) is 0.0769. The second-order valence-electron chi connectivity index (χ2n) is 3.59. The summed E-state index contributed by atoms with van der Waals surface area (Å²) >= 11 is 4.93. The summed E-state index contributed by atoms with van der Waals surface area (Å²) in [7, 11) is 0. The second-order valence-corrected chi connectivity index (χ2v) is 5.56. The molecule has 0 unspecified atom stereocenters. The minimum absolute atomic E-state index is 0.170. The van der Waals surface area contributed by atoms with E-state index in [-0.39, 0.29) is 5.82 Å². The first kappa shape index (κ1) is 12.5. The Bertz CT molecular complexity index is 513. The van der Waals surface area contributed by atoms with Crippen LogP contribution in [0.1, 0.15) is 5.56 Å². The quantitative estimate of drug-likeness (QED) is 0.669. The van der Waals surface area contributed by atoms with Gasteiger partial charge >= 0.3 is 0 Å². The van der Waals surface area contributed by atoms with Gasteiger partial charge in [0.05, 0.1) is 0 Å². The van der Waals surface area contributed by atoms with Crippen LogP contribution >= 0.6 is 27.7 Å². The molecule has 2 aromatic carbocycles. The fourth-order valence-electron chi connectivity index (χ4n) is 1.38. The Morgan fingerprint density at radius 3 is 2.53 bits per heavy atom. The van der Waals surface area contributed by atoms with Crippen molar-refractivity contribution >= 4 is 33.4 Å². The van der Waals surface area contributed by atoms with Gasteiger partial charge in [-0.05, 0) is 48.0 Å². The van der Waals surface area contributed by atoms with Crippen LogP contribution in [0.25, 0.3) is 0 Å². The first-order valence-electron chi connectivity index (χ1n) is 5.07. The van der Waals surface area contributed by atoms with Crippen molar-refractivity contribution in [3.05, 3.63) is 58.3 Å². The van der Waals surface area contributed by atoms with Gasteiger partial charge in [0.2, 0.25) is 0 Å². The minimum atomic E-state index is -0.170. The highest BCUT2D eigenvalue weighted by molar-refractivity contribution is 9.10. The lowest BCUT2D eigenvalue weighted by molar-refractivity contribution is 0.617. The maximum Gasteiger partial charge on any atom is 0.127 e. The lowest BCUT2D eigenvalue weighted by atomic mass is 10.2. The van der Waals surface area contributed by atoms with Gasteiger partial charge in [-0.3, -0.25) is 0 Å². The first-order valence-corrected chi connectivity index (χ1v) is 6.85. The molecule has 0 bridgehead atoms. The third kappa shape index (κ3) is 3.48. The fourth-order valence-corrected chi connectivity index (χ4v) is 2.66. The van der Waals surface area contributed by atoms with E-state index in [1.807, 2.05) is 24.3 Å². The summed E-state index contributed by atoms with van der Waals surface area (Å²) in [4.78, 5) is 1.08. The Kier molecular flexibility index (Phi) is 4.07. The molecule has 0 atom stereocenters. The van der Waals surface area contributed by atoms with E-state index in [4.69, 9.17) is 5.73 Å². The Morgan fingerprint density at radius 2 is 1.82 bits per heavy atom. The predicted molar refractivity (Wildman–Crippen MR) is 74.5 cm³/mol. The molecule has 0 spiro atoms. The molecule has 0 saturated heterocycles. The van der Waals surface area contributed by atoms with Crippen LogP contribution < -0.4 is 5.73 Å². The molecule has 2 N–H and O–H groups in total. The van der Waals surface area contributed by atoms with Crippen molar-refractivity contribution in [1.82, 2.24) is 0 Å². The smallest absolute Gasteiger partial charge is 0.127 e. The normalized spacial score (nSPS) is 10.5. The molecule has 0 aliphatic carbocycles. The van der Waals surface area contributed by atoms with E-state index in [2.05, 4.69) is 15.9 Å². The van der Waals surface area contributed by atoms with Crippen LogP contribution in [0.15, 0.2) is 51.8 Å². The van der Waals surface area contributed by atoms with Crippen molar-refractivity contribution in [2.75, 3.05) is 5.73 Å². The molecule has 0 heterocycles. The highest BCUT2D eigenvalue weighted by Crippen LogP contribution is 2.26. The zero-order valence-electron chi connectivity index (χ0n) is 8.99. The molecule has 4 heteroatoms. The highest BCUT2D eigenvalue weighted by atomic mass is 79.9. The Morgan fingerprint density at radius 1 is 1.12 bits per heavy atom. The molecular formula is C13H11BrFNS. The van der Waals surface area contributed by atoms with Crippen molar-refractivity contribution < 1.29 is 4.39 Å². The molecule has 2 aromatic rings. The Hall–Kier alpha value is -1.00. The van der Waals surface area contributed by atoms with Crippen molar-refractivity contribution in [2.45, 2.75) is 10.6 Å². The van der Waals surface area contributed by atoms with E-state index in [9.17, 15) is 4.39 Å². The number of halogens is 2. The summed E-state index contributed by atoms with van der Waals surface area (Å²) in [5.74, 6) is 0.436. The molecule has 2 rings (SSSR count). The summed E-state index contributed by atoms with van der Waals surface area (Å²) in [5.41, 5.74) is 7.04. The topological polar surface area (TPSA) is 26.0 Å². The third-order valence-electron chi connectivity index (χ3n) is 2.28. The molecule has 1 nitrogen and oxygen atoms in total. The average molecular weight is 312 g/mol. The van der Waals surface area contributed by atoms with Crippen molar-refractivity contribution in [1.29, 1.82) is 0 Å². The van der Waals surface area contributed by atoms with Crippen LogP contribution in [-0.4, -0.2) is 0 Å². The van der Waals surface area contributed by atoms with Gasteiger partial charge in [0.1, 0.15) is 5.82 Å². The van der Waals surface area contributed by atoms with E-state index in [0.29, 0.717) is 11.3 Å². The number of anilines is 1. The zero-order chi connectivity index (χ0) is 12.3. The molecule has 0 saturated carbocycles. The SMILES string of the molecule is Nc1ccc(SCc2cc(Br)ccc2F)cc1. The minimum Gasteiger partial charge on any atom is -0.399 e. The maximum absolute atomic E-state index is 13.5. The average Bonchev–Trinajstić information content (AvgIpc) is 2.32. The molecule has 17 heavy (non-hydrogen) atoms. The number of hydrogen-bond donors (Lipinski definition) is 1. The van der Waals surface area contributed by atoms with Gasteiger partial charge in [0, 0.05) is 20.8 Å². The number of thioether (sulfide) groups is 1. The largest absolute Gasteiger partial charge is 0.399 e. The Labute approximate surface area is 112 Å².